The largest absolute Gasteiger partial charge is 0.512 e. The number of aromatic hydroxyl groups is 1. The number of ether oxygens (including phenoxy) is 1. The van der Waals surface area contributed by atoms with Crippen LogP contribution in [0.2, 0.25) is 0 Å². The number of aliphatic hydroxyl groups excluding tert-OH is 1. The molecule has 4 aromatic heterocycles. The number of carbonyl (C=O) groups is 1. The Morgan fingerprint density at radius 3 is 2.48 bits per heavy atom. The third kappa shape index (κ3) is 4.47. The number of carbonyl (C=O) groups excluding carboxylic acids is 1. The van der Waals surface area contributed by atoms with E-state index in [0.717, 1.165) is 51.2 Å². The van der Waals surface area contributed by atoms with Crippen LogP contribution >= 0.6 is 0 Å². The van der Waals surface area contributed by atoms with Gasteiger partial charge in [-0.05, 0) is 81.0 Å². The van der Waals surface area contributed by atoms with Gasteiger partial charge in [0.1, 0.15) is 5.39 Å². The molecule has 2 atom stereocenters. The van der Waals surface area contributed by atoms with Crippen molar-refractivity contribution in [2.75, 3.05) is 7.11 Å². The zero-order valence-electron chi connectivity index (χ0n) is 25.9. The molecule has 0 spiro atoms. The molecule has 8 bridgehead atoms. The number of methoxy groups -OCH3 is 1. The van der Waals surface area contributed by atoms with Gasteiger partial charge in [-0.3, -0.25) is 4.79 Å². The Labute approximate surface area is 253 Å². The zero-order valence-corrected chi connectivity index (χ0v) is 25.9. The molecule has 6 heterocycles. The van der Waals surface area contributed by atoms with Gasteiger partial charge in [-0.15, -0.1) is 0 Å². The van der Waals surface area contributed by atoms with Crippen LogP contribution in [0.15, 0.2) is 27.4 Å². The maximum atomic E-state index is 13.5. The number of fused-ring (bicyclic) bond motifs is 8. The monoisotopic (exact) mass is 596 g/mol. The van der Waals surface area contributed by atoms with E-state index < -0.39 is 11.6 Å². The summed E-state index contributed by atoms with van der Waals surface area (Å²) < 4.78 is 10.3. The van der Waals surface area contributed by atoms with Crippen molar-refractivity contribution in [1.29, 1.82) is 0 Å². The molecule has 6 rings (SSSR count). The van der Waals surface area contributed by atoms with E-state index in [1.807, 2.05) is 45.9 Å². The molecule has 0 aliphatic carbocycles. The van der Waals surface area contributed by atoms with Crippen molar-refractivity contribution in [2.45, 2.75) is 72.6 Å². The summed E-state index contributed by atoms with van der Waals surface area (Å²) in [6.45, 7) is 11.6. The van der Waals surface area contributed by atoms with E-state index >= 15 is 0 Å². The fourth-order valence-corrected chi connectivity index (χ4v) is 6.80. The van der Waals surface area contributed by atoms with Crippen LogP contribution in [-0.2, 0) is 9.53 Å². The second kappa shape index (κ2) is 10.7. The molecular formula is C34H36N4O6. The molecule has 0 saturated carbocycles. The lowest BCUT2D eigenvalue weighted by atomic mass is 9.86. The Hall–Kier alpha value is -4.86. The summed E-state index contributed by atoms with van der Waals surface area (Å²) in [4.78, 5) is 42.6. The zero-order chi connectivity index (χ0) is 31.6. The third-order valence-electron chi connectivity index (χ3n) is 9.25. The van der Waals surface area contributed by atoms with Gasteiger partial charge in [-0.2, -0.15) is 0 Å². The van der Waals surface area contributed by atoms with Crippen LogP contribution in [0.4, 0.5) is 0 Å². The molecular weight excluding hydrogens is 560 g/mol. The maximum absolute atomic E-state index is 13.5. The molecule has 228 valence electrons. The van der Waals surface area contributed by atoms with Crippen LogP contribution in [0.25, 0.3) is 49.7 Å². The standard InChI is InChI=1S/C34H36N4O6/c1-8-19-14(2)21-13-26-28(18(6)39)16(4)23(36-26)11-22-15(3)20(9-10-27(40)43-7)31(37-22)30-32-29(33(41)44-34(30)42)17(5)24(38-32)12-25(19)35-21/h11-13,15,20,36-37,39,41H,8-10H2,1-7H3/t15-,20-/m0/s1. The van der Waals surface area contributed by atoms with E-state index in [2.05, 4.69) is 16.9 Å². The van der Waals surface area contributed by atoms with Gasteiger partial charge in [-0.1, -0.05) is 13.8 Å². The average molecular weight is 597 g/mol. The van der Waals surface area contributed by atoms with Crippen LogP contribution in [0.1, 0.15) is 92.7 Å². The van der Waals surface area contributed by atoms with Crippen LogP contribution in [0, 0.1) is 13.8 Å². The highest BCUT2D eigenvalue weighted by Gasteiger charge is 2.32. The van der Waals surface area contributed by atoms with Crippen molar-refractivity contribution >= 4 is 55.7 Å². The van der Waals surface area contributed by atoms with Crippen molar-refractivity contribution in [3.8, 4) is 5.95 Å². The smallest absolute Gasteiger partial charge is 0.349 e. The van der Waals surface area contributed by atoms with Crippen LogP contribution in [0.5, 0.6) is 5.95 Å². The molecule has 0 fully saturated rings. The molecule has 10 nitrogen and oxygen atoms in total. The fourth-order valence-electron chi connectivity index (χ4n) is 6.80. The molecule has 2 aliphatic heterocycles. The lowest BCUT2D eigenvalue weighted by Gasteiger charge is -2.16. The summed E-state index contributed by atoms with van der Waals surface area (Å²) in [5, 5.41) is 22.8. The summed E-state index contributed by atoms with van der Waals surface area (Å²) in [6.07, 6.45) is 1.29. The van der Waals surface area contributed by atoms with Crippen molar-refractivity contribution in [3.05, 3.63) is 67.7 Å². The normalized spacial score (nSPS) is 17.4. The number of hydrogen-bond acceptors (Lipinski definition) is 8. The van der Waals surface area contributed by atoms with Gasteiger partial charge in [0.2, 0.25) is 0 Å². The molecule has 44 heavy (non-hydrogen) atoms. The quantitative estimate of drug-likeness (QED) is 0.199. The minimum absolute atomic E-state index is 0.137. The molecule has 4 N–H and O–H groups in total. The molecule has 0 amide bonds. The predicted octanol–water partition coefficient (Wildman–Crippen LogP) is 6.33. The van der Waals surface area contributed by atoms with E-state index in [4.69, 9.17) is 19.1 Å². The molecule has 10 heteroatoms. The lowest BCUT2D eigenvalue weighted by molar-refractivity contribution is -0.140. The second-order valence-corrected chi connectivity index (χ2v) is 11.7. The number of aromatic amines is 2. The topological polar surface area (TPSA) is 154 Å². The van der Waals surface area contributed by atoms with E-state index in [1.165, 1.54) is 7.11 Å². The SMILES string of the molecule is CCC1=C(C)c2cc3[nH]c(cc4[nH]c(c5c(=O)oc(O)c6c(C)c(cc1n2)nc65)[C@@H](CCC(=O)OC)[C@@H]4C)c(C)c3=C(C)O. The minimum atomic E-state index is -0.723. The molecule has 0 radical (unpaired) electrons. The number of aryl methyl sites for hydroxylation is 2. The number of nitrogens with one attached hydrogen (secondary N) is 2. The van der Waals surface area contributed by atoms with Crippen LogP contribution in [-0.4, -0.2) is 43.2 Å². The summed E-state index contributed by atoms with van der Waals surface area (Å²) in [7, 11) is 1.35. The van der Waals surface area contributed by atoms with Gasteiger partial charge < -0.3 is 29.3 Å². The van der Waals surface area contributed by atoms with Gasteiger partial charge in [0.15, 0.2) is 0 Å². The van der Waals surface area contributed by atoms with E-state index in [1.54, 1.807) is 6.92 Å². The first-order valence-electron chi connectivity index (χ1n) is 14.8. The second-order valence-electron chi connectivity index (χ2n) is 11.7. The average Bonchev–Trinajstić information content (AvgIpc) is 3.65. The van der Waals surface area contributed by atoms with E-state index in [0.29, 0.717) is 39.3 Å². The highest BCUT2D eigenvalue weighted by molar-refractivity contribution is 6.04. The molecule has 0 saturated heterocycles. The Morgan fingerprint density at radius 2 is 1.80 bits per heavy atom. The number of aromatic nitrogens is 4. The lowest BCUT2D eigenvalue weighted by Crippen LogP contribution is -2.10. The molecule has 0 unspecified atom stereocenters. The third-order valence-corrected chi connectivity index (χ3v) is 9.25. The first-order chi connectivity index (χ1) is 20.9. The highest BCUT2D eigenvalue weighted by Crippen LogP contribution is 2.43. The summed E-state index contributed by atoms with van der Waals surface area (Å²) in [5.41, 5.74) is 8.16. The van der Waals surface area contributed by atoms with Crippen molar-refractivity contribution < 1.29 is 24.2 Å². The summed E-state index contributed by atoms with van der Waals surface area (Å²) in [5.74, 6) is -1.07. The molecule has 4 aromatic rings. The number of allylic oxidation sites excluding steroid dienone is 2. The van der Waals surface area contributed by atoms with Gasteiger partial charge >= 0.3 is 11.6 Å². The summed E-state index contributed by atoms with van der Waals surface area (Å²) >= 11 is 0. The number of esters is 1. The van der Waals surface area contributed by atoms with Gasteiger partial charge in [0.25, 0.3) is 5.95 Å². The first kappa shape index (κ1) is 29.2. The maximum Gasteiger partial charge on any atom is 0.349 e. The number of hydrogen-bond donors (Lipinski definition) is 4. The van der Waals surface area contributed by atoms with E-state index in [9.17, 15) is 19.8 Å². The van der Waals surface area contributed by atoms with E-state index in [-0.39, 0.29) is 35.4 Å². The van der Waals surface area contributed by atoms with Gasteiger partial charge in [0, 0.05) is 40.4 Å². The highest BCUT2D eigenvalue weighted by atomic mass is 16.5. The fraction of sp³-hybridized carbons (Fsp3) is 0.353. The van der Waals surface area contributed by atoms with Crippen molar-refractivity contribution in [3.63, 3.8) is 0 Å². The van der Waals surface area contributed by atoms with Crippen molar-refractivity contribution in [1.82, 2.24) is 19.9 Å². The van der Waals surface area contributed by atoms with Crippen molar-refractivity contribution in [2.24, 2.45) is 0 Å². The predicted molar refractivity (Wildman–Crippen MR) is 170 cm³/mol. The first-order valence-corrected chi connectivity index (χ1v) is 14.8. The minimum Gasteiger partial charge on any atom is -0.512 e. The Bertz CT molecular complexity index is 2180. The molecule has 0 aromatic carbocycles. The van der Waals surface area contributed by atoms with Crippen LogP contribution in [0.3, 0.4) is 0 Å². The number of H-pyrrole nitrogens is 2. The van der Waals surface area contributed by atoms with Gasteiger partial charge in [-0.25, -0.2) is 14.8 Å². The number of aliphatic hydroxyl groups is 1. The number of rotatable bonds is 4. The number of nitrogens with zero attached hydrogens (tertiary/aromatic N) is 2. The Balaban J connectivity index is 1.84. The summed E-state index contributed by atoms with van der Waals surface area (Å²) in [6, 6.07) is 5.81. The Kier molecular flexibility index (Phi) is 7.10. The van der Waals surface area contributed by atoms with Gasteiger partial charge in [0.05, 0.1) is 46.2 Å². The Morgan fingerprint density at radius 1 is 1.05 bits per heavy atom. The van der Waals surface area contributed by atoms with Crippen LogP contribution < -0.4 is 10.8 Å². The molecule has 2 aliphatic rings.